The number of hydrogen-bond acceptors (Lipinski definition) is 2. The van der Waals surface area contributed by atoms with Crippen LogP contribution in [0, 0.1) is 0 Å². The topological polar surface area (TPSA) is 55.9 Å². The van der Waals surface area contributed by atoms with E-state index in [1.165, 1.54) is 0 Å². The maximum Gasteiger partial charge on any atom is 0.360 e. The van der Waals surface area contributed by atoms with Crippen LogP contribution in [0.15, 0.2) is 40.6 Å². The molecule has 72 valence electrons. The molecule has 0 saturated carbocycles. The Kier molecular flexibility index (Phi) is 3.70. The van der Waals surface area contributed by atoms with E-state index in [9.17, 15) is 4.79 Å². The summed E-state index contributed by atoms with van der Waals surface area (Å²) in [6.45, 7) is 3.73. The lowest BCUT2D eigenvalue weighted by atomic mass is 10.2. The van der Waals surface area contributed by atoms with Crippen molar-refractivity contribution in [1.29, 1.82) is 0 Å². The fraction of sp³-hybridized carbons (Fsp3) is 0.300. The van der Waals surface area contributed by atoms with Gasteiger partial charge >= 0.3 is 5.91 Å². The Hall–Kier alpha value is -1.80. The molecule has 0 atom stereocenters. The monoisotopic (exact) mass is 190 g/mol. The molecule has 4 nitrogen and oxygen atoms in total. The van der Waals surface area contributed by atoms with Gasteiger partial charge in [-0.25, -0.2) is 0 Å². The molecular formula is C10H12N3O+. The van der Waals surface area contributed by atoms with Gasteiger partial charge in [-0.15, -0.1) is 0 Å². The van der Waals surface area contributed by atoms with Crippen molar-refractivity contribution in [3.63, 3.8) is 0 Å². The standard InChI is InChI=1S/C10H12N3O/c1-8(2)11-13-12-10(14)9-6-4-3-5-7-9/h3-8H,1-2H3/q+1. The van der Waals surface area contributed by atoms with Crippen molar-refractivity contribution in [3.8, 4) is 0 Å². The molecule has 0 spiro atoms. The molecule has 14 heavy (non-hydrogen) atoms. The number of hydrogen-bond donors (Lipinski definition) is 0. The van der Waals surface area contributed by atoms with E-state index in [2.05, 4.69) is 15.1 Å². The van der Waals surface area contributed by atoms with Crippen molar-refractivity contribution in [3.05, 3.63) is 35.9 Å². The second-order valence-corrected chi connectivity index (χ2v) is 3.07. The molecule has 1 aromatic carbocycles. The fourth-order valence-electron chi connectivity index (χ4n) is 0.808. The van der Waals surface area contributed by atoms with Crippen LogP contribution in [0.1, 0.15) is 24.2 Å². The van der Waals surface area contributed by atoms with Gasteiger partial charge in [0, 0.05) is 5.56 Å². The van der Waals surface area contributed by atoms with E-state index in [0.29, 0.717) is 5.56 Å². The number of nitrogens with zero attached hydrogens (tertiary/aromatic N) is 3. The molecule has 0 fully saturated rings. The third-order valence-corrected chi connectivity index (χ3v) is 1.44. The van der Waals surface area contributed by atoms with E-state index in [-0.39, 0.29) is 11.9 Å². The van der Waals surface area contributed by atoms with Crippen molar-refractivity contribution in [2.24, 2.45) is 10.2 Å². The first-order chi connectivity index (χ1) is 6.70. The van der Waals surface area contributed by atoms with Gasteiger partial charge in [0.25, 0.3) is 0 Å². The molecule has 1 aromatic rings. The lowest BCUT2D eigenvalue weighted by molar-refractivity contribution is 0.0992. The van der Waals surface area contributed by atoms with Crippen LogP contribution in [-0.2, 0) is 0 Å². The minimum atomic E-state index is -0.366. The highest BCUT2D eigenvalue weighted by Gasteiger charge is 2.07. The average molecular weight is 190 g/mol. The smallest absolute Gasteiger partial charge is 0.259 e. The van der Waals surface area contributed by atoms with Crippen molar-refractivity contribution < 1.29 is 4.79 Å². The van der Waals surface area contributed by atoms with Crippen LogP contribution in [0.3, 0.4) is 0 Å². The van der Waals surface area contributed by atoms with Gasteiger partial charge < -0.3 is 0 Å². The molecule has 0 N–H and O–H groups in total. The van der Waals surface area contributed by atoms with Gasteiger partial charge in [-0.05, 0) is 26.0 Å². The second-order valence-electron chi connectivity index (χ2n) is 3.07. The number of carbonyl (C=O) groups excluding carboxylic acids is 1. The van der Waals surface area contributed by atoms with E-state index >= 15 is 0 Å². The minimum Gasteiger partial charge on any atom is -0.259 e. The molecule has 1 amide bonds. The largest absolute Gasteiger partial charge is 0.360 e. The Bertz CT molecular complexity index is 364. The van der Waals surface area contributed by atoms with E-state index in [4.69, 9.17) is 0 Å². The van der Waals surface area contributed by atoms with Gasteiger partial charge in [0.2, 0.25) is 10.0 Å². The highest BCUT2D eigenvalue weighted by atomic mass is 16.1. The van der Waals surface area contributed by atoms with E-state index in [1.54, 1.807) is 24.3 Å². The van der Waals surface area contributed by atoms with Gasteiger partial charge in [0.15, 0.2) is 0 Å². The third kappa shape index (κ3) is 3.29. The third-order valence-electron chi connectivity index (χ3n) is 1.44. The number of carbonyl (C=O) groups is 1. The minimum absolute atomic E-state index is 0.0577. The molecule has 0 aliphatic heterocycles. The van der Waals surface area contributed by atoms with E-state index in [1.807, 2.05) is 19.9 Å². The summed E-state index contributed by atoms with van der Waals surface area (Å²) in [5.74, 6) is -0.366. The van der Waals surface area contributed by atoms with Crippen LogP contribution >= 0.6 is 0 Å². The summed E-state index contributed by atoms with van der Waals surface area (Å²) in [6.07, 6.45) is 0. The molecule has 4 heteroatoms. The Morgan fingerprint density at radius 2 is 1.93 bits per heavy atom. The summed E-state index contributed by atoms with van der Waals surface area (Å²) in [5.41, 5.74) is 0.523. The number of amides is 1. The van der Waals surface area contributed by atoms with Crippen molar-refractivity contribution in [2.75, 3.05) is 0 Å². The van der Waals surface area contributed by atoms with E-state index < -0.39 is 0 Å². The predicted octanol–water partition coefficient (Wildman–Crippen LogP) is 2.21. The lowest BCUT2D eigenvalue weighted by Gasteiger charge is -1.85. The average Bonchev–Trinajstić information content (AvgIpc) is 2.18. The molecule has 0 heterocycles. The highest BCUT2D eigenvalue weighted by molar-refractivity contribution is 5.94. The maximum atomic E-state index is 11.3. The summed E-state index contributed by atoms with van der Waals surface area (Å²) in [6, 6.07) is 8.84. The highest BCUT2D eigenvalue weighted by Crippen LogP contribution is 1.99. The molecule has 1 rings (SSSR count). The Balaban J connectivity index is 2.74. The zero-order valence-corrected chi connectivity index (χ0v) is 8.21. The van der Waals surface area contributed by atoms with E-state index in [0.717, 1.165) is 0 Å². The molecule has 0 radical (unpaired) electrons. The van der Waals surface area contributed by atoms with Crippen LogP contribution < -0.4 is 4.91 Å². The Morgan fingerprint density at radius 3 is 2.50 bits per heavy atom. The zero-order valence-electron chi connectivity index (χ0n) is 8.21. The van der Waals surface area contributed by atoms with Crippen LogP contribution in [0.4, 0.5) is 0 Å². The van der Waals surface area contributed by atoms with Crippen LogP contribution in [0.25, 0.3) is 0 Å². The number of benzene rings is 1. The van der Waals surface area contributed by atoms with Crippen molar-refractivity contribution in [1.82, 2.24) is 4.91 Å². The first kappa shape index (κ1) is 10.3. The molecule has 0 saturated heterocycles. The summed E-state index contributed by atoms with van der Waals surface area (Å²) < 4.78 is 0. The summed E-state index contributed by atoms with van der Waals surface area (Å²) in [4.78, 5) is 14.8. The van der Waals surface area contributed by atoms with Crippen molar-refractivity contribution >= 4 is 5.91 Å². The number of rotatable bonds is 2. The summed E-state index contributed by atoms with van der Waals surface area (Å²) in [5, 5.41) is 7.18. The Labute approximate surface area is 82.4 Å². The molecular weight excluding hydrogens is 178 g/mol. The van der Waals surface area contributed by atoms with Gasteiger partial charge in [0.1, 0.15) is 11.2 Å². The fourth-order valence-corrected chi connectivity index (χ4v) is 0.808. The van der Waals surface area contributed by atoms with Gasteiger partial charge in [-0.1, -0.05) is 18.2 Å². The molecule has 0 bridgehead atoms. The molecule has 0 unspecified atom stereocenters. The molecule has 0 aliphatic carbocycles. The molecule has 0 aliphatic rings. The van der Waals surface area contributed by atoms with Crippen LogP contribution in [0.2, 0.25) is 0 Å². The normalized spacial score (nSPS) is 9.36. The van der Waals surface area contributed by atoms with Gasteiger partial charge in [-0.2, -0.15) is 0 Å². The van der Waals surface area contributed by atoms with Crippen LogP contribution in [0.5, 0.6) is 0 Å². The maximum absolute atomic E-state index is 11.3. The Morgan fingerprint density at radius 1 is 1.29 bits per heavy atom. The lowest BCUT2D eigenvalue weighted by Crippen LogP contribution is -1.94. The van der Waals surface area contributed by atoms with Gasteiger partial charge in [0.05, 0.1) is 0 Å². The summed E-state index contributed by atoms with van der Waals surface area (Å²) >= 11 is 0. The van der Waals surface area contributed by atoms with Crippen LogP contribution in [-0.4, -0.2) is 11.9 Å². The van der Waals surface area contributed by atoms with Gasteiger partial charge in [-0.3, -0.25) is 4.79 Å². The predicted molar refractivity (Wildman–Crippen MR) is 52.9 cm³/mol. The zero-order chi connectivity index (χ0) is 10.4. The first-order valence-electron chi connectivity index (χ1n) is 4.40. The second kappa shape index (κ2) is 5.04. The quantitative estimate of drug-likeness (QED) is 0.521. The summed E-state index contributed by atoms with van der Waals surface area (Å²) in [7, 11) is 0. The SMILES string of the molecule is CC(C)N=[N+]=NC(=O)c1ccccc1. The molecule has 0 aromatic heterocycles. The van der Waals surface area contributed by atoms with Crippen molar-refractivity contribution in [2.45, 2.75) is 19.9 Å². The first-order valence-corrected chi connectivity index (χ1v) is 4.40.